The molecule has 1 heterocycles. The average Bonchev–Trinajstić information content (AvgIpc) is 2.93. The van der Waals surface area contributed by atoms with Crippen molar-refractivity contribution >= 4 is 45.9 Å². The van der Waals surface area contributed by atoms with Crippen LogP contribution in [-0.4, -0.2) is 23.5 Å². The smallest absolute Gasteiger partial charge is 0.342 e. The van der Waals surface area contributed by atoms with Crippen LogP contribution in [0.5, 0.6) is 5.75 Å². The van der Waals surface area contributed by atoms with Gasteiger partial charge in [0.05, 0.1) is 11.6 Å². The number of esters is 1. The second-order valence-corrected chi connectivity index (χ2v) is 6.00. The molecule has 0 amide bonds. The van der Waals surface area contributed by atoms with Gasteiger partial charge in [0.25, 0.3) is 0 Å². The average molecular weight is 379 g/mol. The number of furan rings is 1. The molecule has 0 bridgehead atoms. The highest BCUT2D eigenvalue weighted by molar-refractivity contribution is 6.37. The molecule has 0 aliphatic carbocycles. The molecule has 0 saturated carbocycles. The van der Waals surface area contributed by atoms with E-state index in [-0.39, 0.29) is 39.8 Å². The van der Waals surface area contributed by atoms with Crippen LogP contribution in [0.2, 0.25) is 10.0 Å². The minimum Gasteiger partial charge on any atom is -0.508 e. The molecule has 0 aliphatic rings. The Morgan fingerprint density at radius 2 is 1.92 bits per heavy atom. The highest BCUT2D eigenvalue weighted by atomic mass is 35.5. The standard InChI is InChI=1S/C18H12Cl2O5/c1-2-24-18(23)15-12-6-4-10(21)8-14(12)25-17(15)16(22)11-5-3-9(19)7-13(11)20/h3-8,21H,2H2,1H3. The van der Waals surface area contributed by atoms with Gasteiger partial charge in [-0.25, -0.2) is 4.79 Å². The normalized spacial score (nSPS) is 10.8. The Morgan fingerprint density at radius 3 is 2.60 bits per heavy atom. The molecule has 0 radical (unpaired) electrons. The van der Waals surface area contributed by atoms with Crippen LogP contribution >= 0.6 is 23.2 Å². The molecule has 0 fully saturated rings. The predicted molar refractivity (Wildman–Crippen MR) is 93.7 cm³/mol. The second-order valence-electron chi connectivity index (χ2n) is 5.16. The summed E-state index contributed by atoms with van der Waals surface area (Å²) in [5.74, 6) is -1.54. The zero-order valence-corrected chi connectivity index (χ0v) is 14.5. The maximum absolute atomic E-state index is 12.9. The number of aromatic hydroxyl groups is 1. The number of carbonyl (C=O) groups is 2. The molecule has 0 atom stereocenters. The largest absolute Gasteiger partial charge is 0.508 e. The van der Waals surface area contributed by atoms with Crippen molar-refractivity contribution in [2.24, 2.45) is 0 Å². The Morgan fingerprint density at radius 1 is 1.16 bits per heavy atom. The van der Waals surface area contributed by atoms with E-state index in [2.05, 4.69) is 0 Å². The number of fused-ring (bicyclic) bond motifs is 1. The fourth-order valence-electron chi connectivity index (χ4n) is 2.45. The monoisotopic (exact) mass is 378 g/mol. The first-order chi connectivity index (χ1) is 11.9. The number of phenolic OH excluding ortho intramolecular Hbond substituents is 1. The number of halogens is 2. The predicted octanol–water partition coefficient (Wildman–Crippen LogP) is 4.85. The molecule has 3 aromatic rings. The van der Waals surface area contributed by atoms with Crippen LogP contribution in [0.25, 0.3) is 11.0 Å². The summed E-state index contributed by atoms with van der Waals surface area (Å²) in [6.45, 7) is 1.79. The zero-order chi connectivity index (χ0) is 18.1. The highest BCUT2D eigenvalue weighted by Crippen LogP contribution is 2.32. The molecular weight excluding hydrogens is 367 g/mol. The van der Waals surface area contributed by atoms with Gasteiger partial charge in [-0.05, 0) is 37.3 Å². The van der Waals surface area contributed by atoms with Crippen LogP contribution in [0.1, 0.15) is 33.4 Å². The van der Waals surface area contributed by atoms with Gasteiger partial charge < -0.3 is 14.3 Å². The summed E-state index contributed by atoms with van der Waals surface area (Å²) in [5, 5.41) is 10.5. The SMILES string of the molecule is CCOC(=O)c1c(C(=O)c2ccc(Cl)cc2Cl)oc2cc(O)ccc12. The quantitative estimate of drug-likeness (QED) is 0.518. The molecule has 1 N–H and O–H groups in total. The number of benzene rings is 2. The molecule has 25 heavy (non-hydrogen) atoms. The van der Waals surface area contributed by atoms with Crippen molar-refractivity contribution in [2.45, 2.75) is 6.92 Å². The molecule has 2 aromatic carbocycles. The summed E-state index contributed by atoms with van der Waals surface area (Å²) >= 11 is 11.9. The van der Waals surface area contributed by atoms with Crippen LogP contribution in [0.4, 0.5) is 0 Å². The molecule has 0 unspecified atom stereocenters. The van der Waals surface area contributed by atoms with Gasteiger partial charge in [0.1, 0.15) is 16.9 Å². The zero-order valence-electron chi connectivity index (χ0n) is 13.0. The van der Waals surface area contributed by atoms with E-state index in [1.165, 1.54) is 36.4 Å². The number of ketones is 1. The maximum Gasteiger partial charge on any atom is 0.342 e. The summed E-state index contributed by atoms with van der Waals surface area (Å²) in [4.78, 5) is 25.2. The first-order valence-electron chi connectivity index (χ1n) is 7.34. The molecule has 3 rings (SSSR count). The van der Waals surface area contributed by atoms with Crippen molar-refractivity contribution in [3.8, 4) is 5.75 Å². The van der Waals surface area contributed by atoms with Gasteiger partial charge in [-0.15, -0.1) is 0 Å². The first-order valence-corrected chi connectivity index (χ1v) is 8.10. The lowest BCUT2D eigenvalue weighted by Crippen LogP contribution is -2.11. The Bertz CT molecular complexity index is 991. The highest BCUT2D eigenvalue weighted by Gasteiger charge is 2.28. The number of phenols is 1. The van der Waals surface area contributed by atoms with Crippen molar-refractivity contribution in [2.75, 3.05) is 6.61 Å². The molecule has 0 spiro atoms. The van der Waals surface area contributed by atoms with Crippen LogP contribution in [-0.2, 0) is 4.74 Å². The lowest BCUT2D eigenvalue weighted by molar-refractivity contribution is 0.0524. The van der Waals surface area contributed by atoms with E-state index in [0.717, 1.165) is 0 Å². The molecule has 0 saturated heterocycles. The van der Waals surface area contributed by atoms with E-state index in [1.807, 2.05) is 0 Å². The first kappa shape index (κ1) is 17.3. The van der Waals surface area contributed by atoms with Crippen molar-refractivity contribution in [3.63, 3.8) is 0 Å². The van der Waals surface area contributed by atoms with Crippen molar-refractivity contribution in [3.05, 3.63) is 63.3 Å². The fourth-order valence-corrected chi connectivity index (χ4v) is 2.94. The van der Waals surface area contributed by atoms with E-state index >= 15 is 0 Å². The Balaban J connectivity index is 2.21. The summed E-state index contributed by atoms with van der Waals surface area (Å²) in [7, 11) is 0. The minimum atomic E-state index is -0.694. The Kier molecular flexibility index (Phi) is 4.70. The van der Waals surface area contributed by atoms with Gasteiger partial charge in [0.15, 0.2) is 5.76 Å². The number of rotatable bonds is 4. The number of carbonyl (C=O) groups excluding carboxylic acids is 2. The van der Waals surface area contributed by atoms with E-state index in [4.69, 9.17) is 32.4 Å². The van der Waals surface area contributed by atoms with Crippen molar-refractivity contribution in [1.29, 1.82) is 0 Å². The molecule has 0 aliphatic heterocycles. The van der Waals surface area contributed by atoms with Gasteiger partial charge in [0.2, 0.25) is 5.78 Å². The summed E-state index contributed by atoms with van der Waals surface area (Å²) in [5.41, 5.74) is 0.323. The van der Waals surface area contributed by atoms with E-state index in [1.54, 1.807) is 6.92 Å². The van der Waals surface area contributed by atoms with E-state index in [0.29, 0.717) is 10.4 Å². The van der Waals surface area contributed by atoms with Crippen LogP contribution in [0.15, 0.2) is 40.8 Å². The second kappa shape index (κ2) is 6.78. The lowest BCUT2D eigenvalue weighted by Gasteiger charge is -2.05. The van der Waals surface area contributed by atoms with Gasteiger partial charge in [-0.3, -0.25) is 4.79 Å². The van der Waals surface area contributed by atoms with Gasteiger partial charge in [-0.1, -0.05) is 23.2 Å². The summed E-state index contributed by atoms with van der Waals surface area (Å²) in [6.07, 6.45) is 0. The van der Waals surface area contributed by atoms with Crippen molar-refractivity contribution in [1.82, 2.24) is 0 Å². The van der Waals surface area contributed by atoms with E-state index < -0.39 is 11.8 Å². The molecule has 7 heteroatoms. The third-order valence-electron chi connectivity index (χ3n) is 3.54. The van der Waals surface area contributed by atoms with Crippen LogP contribution in [0.3, 0.4) is 0 Å². The third kappa shape index (κ3) is 3.21. The maximum atomic E-state index is 12.9. The number of ether oxygens (including phenoxy) is 1. The van der Waals surface area contributed by atoms with Crippen LogP contribution < -0.4 is 0 Å². The molecule has 1 aromatic heterocycles. The summed E-state index contributed by atoms with van der Waals surface area (Å²) < 4.78 is 10.6. The van der Waals surface area contributed by atoms with Gasteiger partial charge in [-0.2, -0.15) is 0 Å². The van der Waals surface area contributed by atoms with Crippen molar-refractivity contribution < 1.29 is 23.8 Å². The van der Waals surface area contributed by atoms with E-state index in [9.17, 15) is 14.7 Å². The molecule has 5 nitrogen and oxygen atoms in total. The number of hydrogen-bond donors (Lipinski definition) is 1. The molecular formula is C18H12Cl2O5. The Hall–Kier alpha value is -2.50. The molecule has 128 valence electrons. The minimum absolute atomic E-state index is 0.00660. The summed E-state index contributed by atoms with van der Waals surface area (Å²) in [6, 6.07) is 8.59. The van der Waals surface area contributed by atoms with Gasteiger partial charge in [0, 0.05) is 22.0 Å². The fraction of sp³-hybridized carbons (Fsp3) is 0.111. The topological polar surface area (TPSA) is 76.7 Å². The van der Waals surface area contributed by atoms with Gasteiger partial charge >= 0.3 is 5.97 Å². The Labute approximate surface area is 152 Å². The lowest BCUT2D eigenvalue weighted by atomic mass is 10.0. The third-order valence-corrected chi connectivity index (χ3v) is 4.08. The number of hydrogen-bond acceptors (Lipinski definition) is 5. The van der Waals surface area contributed by atoms with Crippen LogP contribution in [0, 0.1) is 0 Å².